The number of hydrogen-bond acceptors (Lipinski definition) is 5. The Labute approximate surface area is 183 Å². The largest absolute Gasteiger partial charge is 0.354 e. The highest BCUT2D eigenvalue weighted by Crippen LogP contribution is 2.28. The summed E-state index contributed by atoms with van der Waals surface area (Å²) in [5, 5.41) is 9.59. The van der Waals surface area contributed by atoms with Crippen LogP contribution in [0.5, 0.6) is 0 Å². The van der Waals surface area contributed by atoms with E-state index in [1.165, 1.54) is 35.9 Å². The van der Waals surface area contributed by atoms with Crippen LogP contribution in [0.25, 0.3) is 0 Å². The number of benzene rings is 1. The zero-order valence-corrected chi connectivity index (χ0v) is 17.8. The number of halogens is 1. The van der Waals surface area contributed by atoms with Crippen LogP contribution in [0.2, 0.25) is 0 Å². The molecule has 4 amide bonds. The maximum atomic E-state index is 13.2. The molecular weight excluding hydrogens is 419 g/mol. The fourth-order valence-electron chi connectivity index (χ4n) is 4.07. The minimum atomic E-state index is -1.37. The molecule has 2 aliphatic rings. The fraction of sp³-hybridized carbons (Fsp3) is 0.476. The van der Waals surface area contributed by atoms with Crippen molar-refractivity contribution in [2.75, 3.05) is 13.1 Å². The van der Waals surface area contributed by atoms with E-state index in [2.05, 4.69) is 15.7 Å². The average molecular weight is 444 g/mol. The number of urea groups is 1. The molecule has 2 aromatic rings. The lowest BCUT2D eigenvalue weighted by molar-refractivity contribution is -0.134. The van der Waals surface area contributed by atoms with Gasteiger partial charge in [-0.15, -0.1) is 0 Å². The van der Waals surface area contributed by atoms with Crippen molar-refractivity contribution < 1.29 is 18.8 Å². The number of nitrogens with one attached hydrogen (secondary N) is 2. The lowest BCUT2D eigenvalue weighted by atomic mass is 9.92. The normalized spacial score (nSPS) is 20.2. The van der Waals surface area contributed by atoms with Crippen molar-refractivity contribution in [2.24, 2.45) is 0 Å². The Balaban J connectivity index is 1.29. The molecule has 0 bridgehead atoms. The molecule has 1 aromatic heterocycles. The Morgan fingerprint density at radius 3 is 2.69 bits per heavy atom. The molecule has 1 aromatic carbocycles. The first-order chi connectivity index (χ1) is 15.3. The van der Waals surface area contributed by atoms with Crippen molar-refractivity contribution in [2.45, 2.75) is 51.2 Å². The number of aryl methyl sites for hydroxylation is 2. The molecule has 10 nitrogen and oxygen atoms in total. The number of hydrogen-bond donors (Lipinski definition) is 2. The molecule has 2 aliphatic heterocycles. The van der Waals surface area contributed by atoms with Gasteiger partial charge in [0.25, 0.3) is 5.91 Å². The number of nitrogens with zero attached hydrogens (tertiary/aromatic N) is 4. The van der Waals surface area contributed by atoms with Crippen molar-refractivity contribution in [1.82, 2.24) is 29.9 Å². The molecule has 3 heterocycles. The van der Waals surface area contributed by atoms with Crippen molar-refractivity contribution in [3.63, 3.8) is 0 Å². The van der Waals surface area contributed by atoms with Crippen LogP contribution < -0.4 is 16.3 Å². The van der Waals surface area contributed by atoms with Crippen LogP contribution in [0.4, 0.5) is 9.18 Å². The van der Waals surface area contributed by atoms with Crippen molar-refractivity contribution in [3.05, 3.63) is 52.0 Å². The first-order valence-corrected chi connectivity index (χ1v) is 10.6. The number of carbonyl (C=O) groups is 3. The van der Waals surface area contributed by atoms with Crippen LogP contribution in [-0.2, 0) is 34.6 Å². The highest BCUT2D eigenvalue weighted by atomic mass is 19.1. The van der Waals surface area contributed by atoms with Gasteiger partial charge in [0.1, 0.15) is 23.7 Å². The van der Waals surface area contributed by atoms with E-state index in [4.69, 9.17) is 0 Å². The average Bonchev–Trinajstić information content (AvgIpc) is 3.21. The summed E-state index contributed by atoms with van der Waals surface area (Å²) in [5.41, 5.74) is -1.08. The van der Waals surface area contributed by atoms with Crippen LogP contribution in [0, 0.1) is 5.82 Å². The summed E-state index contributed by atoms with van der Waals surface area (Å²) in [5.74, 6) is -0.732. The molecule has 170 valence electrons. The summed E-state index contributed by atoms with van der Waals surface area (Å²) < 4.78 is 16.3. The Hall–Kier alpha value is -3.50. The summed E-state index contributed by atoms with van der Waals surface area (Å²) in [6, 6.07) is 4.57. The number of fused-ring (bicyclic) bond motifs is 1. The Kier molecular flexibility index (Phi) is 5.81. The van der Waals surface area contributed by atoms with Crippen LogP contribution in [-0.4, -0.2) is 50.2 Å². The Morgan fingerprint density at radius 2 is 1.97 bits per heavy atom. The number of aromatic nitrogens is 3. The van der Waals surface area contributed by atoms with Gasteiger partial charge in [-0.05, 0) is 43.9 Å². The molecular formula is C21H25FN6O4. The van der Waals surface area contributed by atoms with Crippen LogP contribution in [0.15, 0.2) is 29.1 Å². The van der Waals surface area contributed by atoms with Gasteiger partial charge in [-0.2, -0.15) is 5.10 Å². The lowest BCUT2D eigenvalue weighted by Gasteiger charge is -2.22. The predicted octanol–water partition coefficient (Wildman–Crippen LogP) is 0.494. The standard InChI is InChI=1S/C21H25FN6O4/c1-21(14-6-8-15(22)9-7-14)18(30)27(19(31)24-21)13-17(29)23-10-4-12-28-20(32)26-11-3-2-5-16(26)25-28/h6-9H,2-5,10-13H2,1H3,(H,23,29)(H,24,31). The zero-order valence-electron chi connectivity index (χ0n) is 17.8. The maximum Gasteiger partial charge on any atom is 0.345 e. The second kappa shape index (κ2) is 8.56. The highest BCUT2D eigenvalue weighted by molar-refractivity contribution is 6.09. The number of rotatable bonds is 7. The van der Waals surface area contributed by atoms with Gasteiger partial charge in [-0.1, -0.05) is 12.1 Å². The van der Waals surface area contributed by atoms with E-state index in [1.54, 1.807) is 4.57 Å². The van der Waals surface area contributed by atoms with Gasteiger partial charge in [-0.3, -0.25) is 19.1 Å². The third kappa shape index (κ3) is 4.02. The second-order valence-electron chi connectivity index (χ2n) is 8.19. The maximum absolute atomic E-state index is 13.2. The van der Waals surface area contributed by atoms with E-state index in [1.807, 2.05) is 0 Å². The molecule has 0 radical (unpaired) electrons. The third-order valence-electron chi connectivity index (χ3n) is 5.90. The summed E-state index contributed by atoms with van der Waals surface area (Å²) in [4.78, 5) is 50.6. The van der Waals surface area contributed by atoms with E-state index < -0.39 is 35.7 Å². The van der Waals surface area contributed by atoms with Crippen LogP contribution in [0.3, 0.4) is 0 Å². The fourth-order valence-corrected chi connectivity index (χ4v) is 4.07. The van der Waals surface area contributed by atoms with E-state index in [0.717, 1.165) is 30.0 Å². The first kappa shape index (κ1) is 21.7. The van der Waals surface area contributed by atoms with Crippen molar-refractivity contribution >= 4 is 17.8 Å². The minimum Gasteiger partial charge on any atom is -0.354 e. The Morgan fingerprint density at radius 1 is 1.22 bits per heavy atom. The molecule has 1 atom stereocenters. The quantitative estimate of drug-likeness (QED) is 0.476. The molecule has 2 N–H and O–H groups in total. The highest BCUT2D eigenvalue weighted by Gasteiger charge is 2.49. The molecule has 11 heteroatoms. The SMILES string of the molecule is CC1(c2ccc(F)cc2)NC(=O)N(CC(=O)NCCCn2nc3n(c2=O)CCCC3)C1=O. The van der Waals surface area contributed by atoms with Crippen LogP contribution >= 0.6 is 0 Å². The molecule has 32 heavy (non-hydrogen) atoms. The Bertz CT molecular complexity index is 1110. The molecule has 1 saturated heterocycles. The number of carbonyl (C=O) groups excluding carboxylic acids is 3. The van der Waals surface area contributed by atoms with E-state index >= 15 is 0 Å². The summed E-state index contributed by atoms with van der Waals surface area (Å²) in [7, 11) is 0. The third-order valence-corrected chi connectivity index (χ3v) is 5.90. The van der Waals surface area contributed by atoms with E-state index in [-0.39, 0.29) is 12.2 Å². The zero-order chi connectivity index (χ0) is 22.9. The monoisotopic (exact) mass is 444 g/mol. The molecule has 0 aliphatic carbocycles. The minimum absolute atomic E-state index is 0.134. The van der Waals surface area contributed by atoms with E-state index in [0.29, 0.717) is 25.1 Å². The van der Waals surface area contributed by atoms with Crippen molar-refractivity contribution in [1.29, 1.82) is 0 Å². The summed E-state index contributed by atoms with van der Waals surface area (Å²) in [6.45, 7) is 2.41. The molecule has 4 rings (SSSR count). The van der Waals surface area contributed by atoms with Crippen LogP contribution in [0.1, 0.15) is 37.6 Å². The first-order valence-electron chi connectivity index (χ1n) is 10.6. The van der Waals surface area contributed by atoms with Gasteiger partial charge < -0.3 is 10.6 Å². The topological polar surface area (TPSA) is 118 Å². The van der Waals surface area contributed by atoms with Crippen molar-refractivity contribution in [3.8, 4) is 0 Å². The molecule has 1 fully saturated rings. The predicted molar refractivity (Wildman–Crippen MR) is 111 cm³/mol. The molecule has 0 spiro atoms. The van der Waals surface area contributed by atoms with Gasteiger partial charge >= 0.3 is 11.7 Å². The van der Waals surface area contributed by atoms with Gasteiger partial charge in [0, 0.05) is 26.1 Å². The number of amides is 4. The summed E-state index contributed by atoms with van der Waals surface area (Å²) in [6.07, 6.45) is 3.27. The van der Waals surface area contributed by atoms with Gasteiger partial charge in [0.15, 0.2) is 0 Å². The number of imide groups is 1. The van der Waals surface area contributed by atoms with Gasteiger partial charge in [-0.25, -0.2) is 18.7 Å². The molecule has 1 unspecified atom stereocenters. The van der Waals surface area contributed by atoms with Gasteiger partial charge in [0.2, 0.25) is 5.91 Å². The second-order valence-corrected chi connectivity index (χ2v) is 8.19. The molecule has 0 saturated carbocycles. The summed E-state index contributed by atoms with van der Waals surface area (Å²) >= 11 is 0. The van der Waals surface area contributed by atoms with E-state index in [9.17, 15) is 23.6 Å². The van der Waals surface area contributed by atoms with Gasteiger partial charge in [0.05, 0.1) is 0 Å². The smallest absolute Gasteiger partial charge is 0.345 e. The lowest BCUT2D eigenvalue weighted by Crippen LogP contribution is -2.43.